The van der Waals surface area contributed by atoms with E-state index in [9.17, 15) is 0 Å². The van der Waals surface area contributed by atoms with Gasteiger partial charge in [0.2, 0.25) is 0 Å². The van der Waals surface area contributed by atoms with E-state index in [1.54, 1.807) is 12.5 Å². The number of rotatable bonds is 3. The van der Waals surface area contributed by atoms with Crippen LogP contribution in [0.2, 0.25) is 0 Å². The Kier molecular flexibility index (Phi) is 2.78. The van der Waals surface area contributed by atoms with Gasteiger partial charge in [0.1, 0.15) is 11.8 Å². The molecule has 0 bridgehead atoms. The molecule has 0 atom stereocenters. The van der Waals surface area contributed by atoms with Gasteiger partial charge in [-0.25, -0.2) is 9.97 Å². The van der Waals surface area contributed by atoms with E-state index >= 15 is 0 Å². The molecule has 0 aliphatic rings. The van der Waals surface area contributed by atoms with E-state index in [1.165, 1.54) is 0 Å². The first-order valence-electron chi connectivity index (χ1n) is 5.87. The number of para-hydroxylation sites is 1. The van der Waals surface area contributed by atoms with Gasteiger partial charge in [-0.1, -0.05) is 18.2 Å². The molecule has 3 rings (SSSR count). The molecule has 4 nitrogen and oxygen atoms in total. The fraction of sp³-hybridized carbons (Fsp3) is 0.143. The van der Waals surface area contributed by atoms with Crippen molar-refractivity contribution in [2.75, 3.05) is 6.54 Å². The highest BCUT2D eigenvalue weighted by Gasteiger charge is 2.10. The Morgan fingerprint density at radius 1 is 1.17 bits per heavy atom. The van der Waals surface area contributed by atoms with Gasteiger partial charge in [-0.3, -0.25) is 0 Å². The van der Waals surface area contributed by atoms with Gasteiger partial charge in [-0.15, -0.1) is 0 Å². The molecule has 0 spiro atoms. The number of hydrogen-bond acceptors (Lipinski definition) is 4. The first kappa shape index (κ1) is 10.9. The van der Waals surface area contributed by atoms with Gasteiger partial charge in [0.15, 0.2) is 5.82 Å². The molecular formula is C14H13N3O. The highest BCUT2D eigenvalue weighted by Crippen LogP contribution is 2.27. The van der Waals surface area contributed by atoms with E-state index in [4.69, 9.17) is 10.2 Å². The third kappa shape index (κ3) is 1.87. The highest BCUT2D eigenvalue weighted by atomic mass is 16.3. The van der Waals surface area contributed by atoms with Crippen molar-refractivity contribution in [3.05, 3.63) is 48.5 Å². The summed E-state index contributed by atoms with van der Waals surface area (Å²) in [5.74, 6) is 0.686. The largest absolute Gasteiger partial charge is 0.464 e. The van der Waals surface area contributed by atoms with Crippen molar-refractivity contribution in [3.8, 4) is 11.4 Å². The van der Waals surface area contributed by atoms with Crippen molar-refractivity contribution in [2.45, 2.75) is 6.42 Å². The van der Waals surface area contributed by atoms with E-state index in [0.717, 1.165) is 28.6 Å². The van der Waals surface area contributed by atoms with Crippen LogP contribution in [-0.4, -0.2) is 16.5 Å². The molecule has 4 heteroatoms. The topological polar surface area (TPSA) is 64.9 Å². The van der Waals surface area contributed by atoms with E-state index in [-0.39, 0.29) is 0 Å². The van der Waals surface area contributed by atoms with Crippen LogP contribution in [0, 0.1) is 0 Å². The number of nitrogens with zero attached hydrogens (tertiary/aromatic N) is 2. The van der Waals surface area contributed by atoms with Crippen molar-refractivity contribution in [1.29, 1.82) is 0 Å². The molecule has 0 saturated carbocycles. The number of fused-ring (bicyclic) bond motifs is 1. The average Bonchev–Trinajstić information content (AvgIpc) is 2.83. The molecule has 18 heavy (non-hydrogen) atoms. The average molecular weight is 239 g/mol. The van der Waals surface area contributed by atoms with E-state index < -0.39 is 0 Å². The first-order chi connectivity index (χ1) is 8.88. The number of benzene rings is 1. The lowest BCUT2D eigenvalue weighted by Gasteiger charge is -2.00. The summed E-state index contributed by atoms with van der Waals surface area (Å²) in [7, 11) is 0. The summed E-state index contributed by atoms with van der Waals surface area (Å²) in [6.45, 7) is 0.586. The van der Waals surface area contributed by atoms with Crippen LogP contribution >= 0.6 is 0 Å². The molecule has 0 unspecified atom stereocenters. The molecule has 0 amide bonds. The van der Waals surface area contributed by atoms with Gasteiger partial charge in [-0.2, -0.15) is 0 Å². The summed E-state index contributed by atoms with van der Waals surface area (Å²) >= 11 is 0. The minimum atomic E-state index is 0.586. The molecule has 2 N–H and O–H groups in total. The van der Waals surface area contributed by atoms with Gasteiger partial charge in [0, 0.05) is 23.7 Å². The monoisotopic (exact) mass is 239 g/mol. The van der Waals surface area contributed by atoms with Gasteiger partial charge >= 0.3 is 0 Å². The SMILES string of the molecule is NCCc1ccnc(-c2coc3ccccc23)n1. The lowest BCUT2D eigenvalue weighted by Crippen LogP contribution is -2.05. The lowest BCUT2D eigenvalue weighted by molar-refractivity contribution is 0.616. The number of nitrogens with two attached hydrogens (primary N) is 1. The minimum absolute atomic E-state index is 0.586. The molecule has 0 radical (unpaired) electrons. The summed E-state index contributed by atoms with van der Waals surface area (Å²) in [5.41, 5.74) is 8.26. The molecule has 3 aromatic rings. The van der Waals surface area contributed by atoms with Crippen LogP contribution < -0.4 is 5.73 Å². The molecular weight excluding hydrogens is 226 g/mol. The fourth-order valence-corrected chi connectivity index (χ4v) is 1.96. The lowest BCUT2D eigenvalue weighted by atomic mass is 10.1. The maximum absolute atomic E-state index is 5.54. The van der Waals surface area contributed by atoms with Crippen LogP contribution in [-0.2, 0) is 6.42 Å². The van der Waals surface area contributed by atoms with Gasteiger partial charge in [0.25, 0.3) is 0 Å². The number of aromatic nitrogens is 2. The number of hydrogen-bond donors (Lipinski definition) is 1. The quantitative estimate of drug-likeness (QED) is 0.762. The van der Waals surface area contributed by atoms with Crippen LogP contribution in [0.5, 0.6) is 0 Å². The molecule has 0 aliphatic carbocycles. The van der Waals surface area contributed by atoms with Crippen LogP contribution in [0.3, 0.4) is 0 Å². The second kappa shape index (κ2) is 4.58. The third-order valence-corrected chi connectivity index (χ3v) is 2.84. The second-order valence-corrected chi connectivity index (χ2v) is 4.06. The molecule has 0 saturated heterocycles. The standard InChI is InChI=1S/C14H13N3O/c15-7-5-10-6-8-16-14(17-10)12-9-18-13-4-2-1-3-11(12)13/h1-4,6,8-9H,5,7,15H2. The summed E-state index contributed by atoms with van der Waals surface area (Å²) in [4.78, 5) is 8.81. The van der Waals surface area contributed by atoms with E-state index in [0.29, 0.717) is 12.4 Å². The third-order valence-electron chi connectivity index (χ3n) is 2.84. The van der Waals surface area contributed by atoms with Crippen molar-refractivity contribution >= 4 is 11.0 Å². The fourth-order valence-electron chi connectivity index (χ4n) is 1.96. The maximum atomic E-state index is 5.54. The Morgan fingerprint density at radius 3 is 2.94 bits per heavy atom. The molecule has 90 valence electrons. The van der Waals surface area contributed by atoms with Crippen LogP contribution in [0.15, 0.2) is 47.2 Å². The number of furan rings is 1. The Balaban J connectivity index is 2.11. The van der Waals surface area contributed by atoms with Crippen LogP contribution in [0.4, 0.5) is 0 Å². The summed E-state index contributed by atoms with van der Waals surface area (Å²) < 4.78 is 5.50. The molecule has 2 heterocycles. The highest BCUT2D eigenvalue weighted by molar-refractivity contribution is 5.91. The molecule has 0 fully saturated rings. The summed E-state index contributed by atoms with van der Waals surface area (Å²) in [5, 5.41) is 1.03. The Hall–Kier alpha value is -2.20. The Bertz CT molecular complexity index is 675. The second-order valence-electron chi connectivity index (χ2n) is 4.06. The Morgan fingerprint density at radius 2 is 2.06 bits per heavy atom. The van der Waals surface area contributed by atoms with Crippen molar-refractivity contribution < 1.29 is 4.42 Å². The Labute approximate surface area is 104 Å². The summed E-state index contributed by atoms with van der Waals surface area (Å²) in [6.07, 6.45) is 4.21. The minimum Gasteiger partial charge on any atom is -0.464 e. The zero-order valence-electron chi connectivity index (χ0n) is 9.84. The van der Waals surface area contributed by atoms with Crippen molar-refractivity contribution in [2.24, 2.45) is 5.73 Å². The molecule has 0 aliphatic heterocycles. The maximum Gasteiger partial charge on any atom is 0.163 e. The van der Waals surface area contributed by atoms with Crippen LogP contribution in [0.25, 0.3) is 22.4 Å². The zero-order valence-corrected chi connectivity index (χ0v) is 9.84. The van der Waals surface area contributed by atoms with Crippen molar-refractivity contribution in [1.82, 2.24) is 9.97 Å². The van der Waals surface area contributed by atoms with Gasteiger partial charge in [-0.05, 0) is 18.7 Å². The van der Waals surface area contributed by atoms with Gasteiger partial charge < -0.3 is 10.2 Å². The smallest absolute Gasteiger partial charge is 0.163 e. The molecule has 2 aromatic heterocycles. The predicted molar refractivity (Wildman–Crippen MR) is 70.0 cm³/mol. The normalized spacial score (nSPS) is 10.9. The predicted octanol–water partition coefficient (Wildman–Crippen LogP) is 2.39. The molecule has 1 aromatic carbocycles. The van der Waals surface area contributed by atoms with Gasteiger partial charge in [0.05, 0.1) is 5.56 Å². The van der Waals surface area contributed by atoms with E-state index in [2.05, 4.69) is 9.97 Å². The van der Waals surface area contributed by atoms with E-state index in [1.807, 2.05) is 30.3 Å². The summed E-state index contributed by atoms with van der Waals surface area (Å²) in [6, 6.07) is 9.75. The van der Waals surface area contributed by atoms with Crippen LogP contribution in [0.1, 0.15) is 5.69 Å². The zero-order chi connectivity index (χ0) is 12.4. The van der Waals surface area contributed by atoms with Crippen molar-refractivity contribution in [3.63, 3.8) is 0 Å². The first-order valence-corrected chi connectivity index (χ1v) is 5.87.